The Morgan fingerprint density at radius 2 is 2.00 bits per heavy atom. The Hall–Kier alpha value is -1.44. The van der Waals surface area contributed by atoms with E-state index in [1.807, 2.05) is 6.07 Å². The molecule has 0 bridgehead atoms. The Kier molecular flexibility index (Phi) is 7.96. The molecule has 4 heteroatoms. The molecule has 0 saturated carbocycles. The molecule has 0 aliphatic heterocycles. The number of rotatable bonds is 9. The van der Waals surface area contributed by atoms with Crippen LogP contribution < -0.4 is 5.32 Å². The summed E-state index contributed by atoms with van der Waals surface area (Å²) in [5.74, 6) is -0.347. The quantitative estimate of drug-likeness (QED) is 0.759. The normalized spacial score (nSPS) is 12.4. The van der Waals surface area contributed by atoms with Gasteiger partial charge in [-0.15, -0.1) is 0 Å². The number of nitrogens with zero attached hydrogens (tertiary/aromatic N) is 2. The fourth-order valence-corrected chi connectivity index (χ4v) is 2.37. The summed E-state index contributed by atoms with van der Waals surface area (Å²) in [5.41, 5.74) is 1.20. The highest BCUT2D eigenvalue weighted by Gasteiger charge is 2.05. The van der Waals surface area contributed by atoms with Gasteiger partial charge in [-0.05, 0) is 63.2 Å². The average Bonchev–Trinajstić information content (AvgIpc) is 2.49. The van der Waals surface area contributed by atoms with Gasteiger partial charge in [0, 0.05) is 12.6 Å². The minimum absolute atomic E-state index is 0.347. The van der Waals surface area contributed by atoms with Crippen LogP contribution in [0.2, 0.25) is 0 Å². The van der Waals surface area contributed by atoms with Crippen molar-refractivity contribution in [1.29, 1.82) is 5.26 Å². The first kappa shape index (κ1) is 17.6. The van der Waals surface area contributed by atoms with Crippen LogP contribution in [0.25, 0.3) is 0 Å². The SMILES string of the molecule is CCN(CC)CCCC(C)NCc1cc(F)cc(C#N)c1. The van der Waals surface area contributed by atoms with Crippen LogP contribution in [0.1, 0.15) is 44.7 Å². The second-order valence-corrected chi connectivity index (χ2v) is 5.41. The van der Waals surface area contributed by atoms with Crippen LogP contribution in [0.5, 0.6) is 0 Å². The van der Waals surface area contributed by atoms with E-state index >= 15 is 0 Å². The maximum atomic E-state index is 13.3. The van der Waals surface area contributed by atoms with Gasteiger partial charge in [0.15, 0.2) is 0 Å². The van der Waals surface area contributed by atoms with Crippen molar-refractivity contribution >= 4 is 0 Å². The van der Waals surface area contributed by atoms with Crippen LogP contribution in [0, 0.1) is 17.1 Å². The lowest BCUT2D eigenvalue weighted by atomic mass is 10.1. The van der Waals surface area contributed by atoms with Crippen molar-refractivity contribution < 1.29 is 4.39 Å². The zero-order valence-electron chi connectivity index (χ0n) is 13.3. The minimum atomic E-state index is -0.347. The Balaban J connectivity index is 2.34. The van der Waals surface area contributed by atoms with Crippen molar-refractivity contribution in [3.63, 3.8) is 0 Å². The van der Waals surface area contributed by atoms with Crippen LogP contribution in [0.3, 0.4) is 0 Å². The molecule has 3 nitrogen and oxygen atoms in total. The second kappa shape index (κ2) is 9.49. The summed E-state index contributed by atoms with van der Waals surface area (Å²) in [4.78, 5) is 2.42. The van der Waals surface area contributed by atoms with Crippen LogP contribution in [-0.4, -0.2) is 30.6 Å². The predicted molar refractivity (Wildman–Crippen MR) is 84.4 cm³/mol. The zero-order valence-corrected chi connectivity index (χ0v) is 13.3. The van der Waals surface area contributed by atoms with E-state index in [-0.39, 0.29) is 5.82 Å². The molecule has 116 valence electrons. The summed E-state index contributed by atoms with van der Waals surface area (Å²) < 4.78 is 13.3. The predicted octanol–water partition coefficient (Wildman–Crippen LogP) is 3.30. The zero-order chi connectivity index (χ0) is 15.7. The molecule has 1 aromatic carbocycles. The molecule has 1 atom stereocenters. The first-order valence-electron chi connectivity index (χ1n) is 7.74. The van der Waals surface area contributed by atoms with E-state index in [0.29, 0.717) is 18.2 Å². The Morgan fingerprint density at radius 3 is 2.62 bits per heavy atom. The molecule has 0 aliphatic rings. The number of hydrogen-bond acceptors (Lipinski definition) is 3. The van der Waals surface area contributed by atoms with Crippen molar-refractivity contribution in [2.45, 2.75) is 46.2 Å². The van der Waals surface area contributed by atoms with E-state index in [2.05, 4.69) is 31.0 Å². The topological polar surface area (TPSA) is 39.1 Å². The van der Waals surface area contributed by atoms with Crippen molar-refractivity contribution in [3.05, 3.63) is 35.1 Å². The van der Waals surface area contributed by atoms with Crippen molar-refractivity contribution in [3.8, 4) is 6.07 Å². The van der Waals surface area contributed by atoms with E-state index in [1.54, 1.807) is 6.07 Å². The van der Waals surface area contributed by atoms with Gasteiger partial charge < -0.3 is 10.2 Å². The van der Waals surface area contributed by atoms with Gasteiger partial charge in [0.05, 0.1) is 11.6 Å². The summed E-state index contributed by atoms with van der Waals surface area (Å²) in [5, 5.41) is 12.2. The van der Waals surface area contributed by atoms with Gasteiger partial charge in [-0.3, -0.25) is 0 Å². The summed E-state index contributed by atoms with van der Waals surface area (Å²) in [7, 11) is 0. The smallest absolute Gasteiger partial charge is 0.124 e. The largest absolute Gasteiger partial charge is 0.310 e. The molecular formula is C17H26FN3. The molecular weight excluding hydrogens is 265 g/mol. The highest BCUT2D eigenvalue weighted by Crippen LogP contribution is 2.09. The average molecular weight is 291 g/mol. The highest BCUT2D eigenvalue weighted by molar-refractivity contribution is 5.33. The number of benzene rings is 1. The van der Waals surface area contributed by atoms with E-state index in [9.17, 15) is 4.39 Å². The number of hydrogen-bond donors (Lipinski definition) is 1. The molecule has 0 fully saturated rings. The Morgan fingerprint density at radius 1 is 1.29 bits per heavy atom. The van der Waals surface area contributed by atoms with E-state index in [1.165, 1.54) is 12.1 Å². The van der Waals surface area contributed by atoms with Crippen LogP contribution in [0.15, 0.2) is 18.2 Å². The van der Waals surface area contributed by atoms with E-state index < -0.39 is 0 Å². The molecule has 0 saturated heterocycles. The fraction of sp³-hybridized carbons (Fsp3) is 0.588. The monoisotopic (exact) mass is 291 g/mol. The number of nitriles is 1. The third kappa shape index (κ3) is 6.70. The van der Waals surface area contributed by atoms with Crippen LogP contribution in [-0.2, 0) is 6.54 Å². The lowest BCUT2D eigenvalue weighted by molar-refractivity contribution is 0.290. The van der Waals surface area contributed by atoms with Gasteiger partial charge in [0.2, 0.25) is 0 Å². The van der Waals surface area contributed by atoms with E-state index in [0.717, 1.165) is 38.0 Å². The molecule has 0 aliphatic carbocycles. The van der Waals surface area contributed by atoms with Gasteiger partial charge in [0.25, 0.3) is 0 Å². The first-order valence-corrected chi connectivity index (χ1v) is 7.74. The van der Waals surface area contributed by atoms with Gasteiger partial charge in [0.1, 0.15) is 5.82 Å². The standard InChI is InChI=1S/C17H26FN3/c1-4-21(5-2)8-6-7-14(3)20-13-16-9-15(12-19)10-17(18)11-16/h9-11,14,20H,4-8,13H2,1-3H3. The summed E-state index contributed by atoms with van der Waals surface area (Å²) >= 11 is 0. The third-order valence-corrected chi connectivity index (χ3v) is 3.75. The maximum Gasteiger partial charge on any atom is 0.124 e. The number of nitrogens with one attached hydrogen (secondary N) is 1. The molecule has 1 unspecified atom stereocenters. The second-order valence-electron chi connectivity index (χ2n) is 5.41. The lowest BCUT2D eigenvalue weighted by Crippen LogP contribution is -2.28. The van der Waals surface area contributed by atoms with Gasteiger partial charge >= 0.3 is 0 Å². The van der Waals surface area contributed by atoms with Gasteiger partial charge in [-0.2, -0.15) is 5.26 Å². The number of halogens is 1. The Bertz CT molecular complexity index is 464. The molecule has 1 N–H and O–H groups in total. The van der Waals surface area contributed by atoms with Gasteiger partial charge in [-0.1, -0.05) is 13.8 Å². The van der Waals surface area contributed by atoms with Crippen LogP contribution >= 0.6 is 0 Å². The summed E-state index contributed by atoms with van der Waals surface area (Å²) in [6, 6.07) is 6.84. The molecule has 0 radical (unpaired) electrons. The van der Waals surface area contributed by atoms with Crippen molar-refractivity contribution in [2.75, 3.05) is 19.6 Å². The maximum absolute atomic E-state index is 13.3. The summed E-state index contributed by atoms with van der Waals surface area (Å²) in [6.07, 6.45) is 2.25. The molecule has 1 rings (SSSR count). The van der Waals surface area contributed by atoms with Gasteiger partial charge in [-0.25, -0.2) is 4.39 Å². The molecule has 1 aromatic rings. The molecule has 0 amide bonds. The molecule has 0 spiro atoms. The molecule has 21 heavy (non-hydrogen) atoms. The fourth-order valence-electron chi connectivity index (χ4n) is 2.37. The summed E-state index contributed by atoms with van der Waals surface area (Å²) in [6.45, 7) is 10.4. The Labute approximate surface area is 127 Å². The highest BCUT2D eigenvalue weighted by atomic mass is 19.1. The van der Waals surface area contributed by atoms with Crippen molar-refractivity contribution in [2.24, 2.45) is 0 Å². The van der Waals surface area contributed by atoms with E-state index in [4.69, 9.17) is 5.26 Å². The third-order valence-electron chi connectivity index (χ3n) is 3.75. The first-order chi connectivity index (χ1) is 10.1. The minimum Gasteiger partial charge on any atom is -0.310 e. The molecule has 0 aromatic heterocycles. The van der Waals surface area contributed by atoms with Crippen LogP contribution in [0.4, 0.5) is 4.39 Å². The molecule has 0 heterocycles. The van der Waals surface area contributed by atoms with Crippen molar-refractivity contribution in [1.82, 2.24) is 10.2 Å². The lowest BCUT2D eigenvalue weighted by Gasteiger charge is -2.19.